The Bertz CT molecular complexity index is 693. The van der Waals surface area contributed by atoms with Crippen LogP contribution in [0, 0.1) is 11.3 Å². The number of aromatic nitrogens is 1. The minimum Gasteiger partial charge on any atom is -0.365 e. The predicted molar refractivity (Wildman–Crippen MR) is 72.7 cm³/mol. The fourth-order valence-electron chi connectivity index (χ4n) is 1.66. The molecule has 2 rings (SSSR count). The van der Waals surface area contributed by atoms with Crippen molar-refractivity contribution in [2.75, 3.05) is 5.32 Å². The summed E-state index contributed by atoms with van der Waals surface area (Å²) in [6.45, 7) is 0.169. The molecule has 0 bridgehead atoms. The van der Waals surface area contributed by atoms with Gasteiger partial charge in [-0.1, -0.05) is 29.8 Å². The molecule has 7 heteroatoms. The monoisotopic (exact) mass is 311 g/mol. The van der Waals surface area contributed by atoms with E-state index in [-0.39, 0.29) is 17.9 Å². The van der Waals surface area contributed by atoms with Crippen molar-refractivity contribution in [2.45, 2.75) is 12.7 Å². The predicted octanol–water partition coefficient (Wildman–Crippen LogP) is 4.24. The topological polar surface area (TPSA) is 48.7 Å². The van der Waals surface area contributed by atoms with Gasteiger partial charge in [-0.3, -0.25) is 0 Å². The number of hydrogen-bond donors (Lipinski definition) is 1. The summed E-state index contributed by atoms with van der Waals surface area (Å²) in [5.41, 5.74) is -0.319. The zero-order chi connectivity index (χ0) is 15.5. The molecule has 108 valence electrons. The van der Waals surface area contributed by atoms with E-state index in [9.17, 15) is 13.2 Å². The van der Waals surface area contributed by atoms with Gasteiger partial charge in [0.2, 0.25) is 0 Å². The molecule has 2 aromatic rings. The molecule has 21 heavy (non-hydrogen) atoms. The van der Waals surface area contributed by atoms with Crippen molar-refractivity contribution in [2.24, 2.45) is 0 Å². The van der Waals surface area contributed by atoms with Crippen molar-refractivity contribution in [1.82, 2.24) is 4.98 Å². The number of hydrogen-bond acceptors (Lipinski definition) is 3. The highest BCUT2D eigenvalue weighted by atomic mass is 35.5. The summed E-state index contributed by atoms with van der Waals surface area (Å²) in [5.74, 6) is -0.118. The molecule has 0 atom stereocenters. The molecule has 0 aliphatic carbocycles. The van der Waals surface area contributed by atoms with Crippen molar-refractivity contribution < 1.29 is 13.2 Å². The smallest absolute Gasteiger partial charge is 0.365 e. The summed E-state index contributed by atoms with van der Waals surface area (Å²) in [5, 5.41) is 12.1. The summed E-state index contributed by atoms with van der Waals surface area (Å²) in [4.78, 5) is 3.46. The molecule has 1 N–H and O–H groups in total. The van der Waals surface area contributed by atoms with E-state index in [4.69, 9.17) is 16.9 Å². The van der Waals surface area contributed by atoms with Crippen LogP contribution in [0.15, 0.2) is 36.4 Å². The van der Waals surface area contributed by atoms with Gasteiger partial charge >= 0.3 is 6.18 Å². The number of alkyl halides is 3. The maximum Gasteiger partial charge on any atom is 0.433 e. The van der Waals surface area contributed by atoms with E-state index in [1.165, 1.54) is 0 Å². The molecule has 0 aliphatic heterocycles. The zero-order valence-corrected chi connectivity index (χ0v) is 11.3. The molecule has 0 unspecified atom stereocenters. The van der Waals surface area contributed by atoms with Crippen LogP contribution in [0.2, 0.25) is 5.02 Å². The number of nitrogens with zero attached hydrogens (tertiary/aromatic N) is 2. The largest absolute Gasteiger partial charge is 0.433 e. The van der Waals surface area contributed by atoms with E-state index >= 15 is 0 Å². The second-order valence-corrected chi connectivity index (χ2v) is 4.55. The summed E-state index contributed by atoms with van der Waals surface area (Å²) < 4.78 is 37.9. The average Bonchev–Trinajstić information content (AvgIpc) is 2.45. The number of nitrogens with one attached hydrogen (secondary N) is 1. The van der Waals surface area contributed by atoms with E-state index in [1.807, 2.05) is 0 Å². The summed E-state index contributed by atoms with van der Waals surface area (Å²) >= 11 is 5.96. The first-order chi connectivity index (χ1) is 9.91. The molecule has 0 saturated carbocycles. The van der Waals surface area contributed by atoms with Crippen molar-refractivity contribution in [1.29, 1.82) is 5.26 Å². The lowest BCUT2D eigenvalue weighted by atomic mass is 10.2. The van der Waals surface area contributed by atoms with Gasteiger partial charge in [-0.05, 0) is 23.8 Å². The van der Waals surface area contributed by atoms with Gasteiger partial charge in [0.1, 0.15) is 17.6 Å². The first-order valence-corrected chi connectivity index (χ1v) is 6.25. The van der Waals surface area contributed by atoms with Crippen LogP contribution < -0.4 is 5.32 Å². The molecule has 0 fully saturated rings. The highest BCUT2D eigenvalue weighted by Crippen LogP contribution is 2.29. The van der Waals surface area contributed by atoms with Crippen LogP contribution in [0.25, 0.3) is 0 Å². The van der Waals surface area contributed by atoms with Crippen LogP contribution in [0.1, 0.15) is 16.8 Å². The van der Waals surface area contributed by atoms with Crippen molar-refractivity contribution in [3.8, 4) is 6.07 Å². The second kappa shape index (κ2) is 6.02. The number of rotatable bonds is 3. The molecule has 0 amide bonds. The van der Waals surface area contributed by atoms with Gasteiger partial charge in [0.05, 0.1) is 5.56 Å². The Morgan fingerprint density at radius 3 is 2.52 bits per heavy atom. The van der Waals surface area contributed by atoms with E-state index in [0.29, 0.717) is 10.6 Å². The van der Waals surface area contributed by atoms with Crippen LogP contribution in [-0.2, 0) is 12.7 Å². The van der Waals surface area contributed by atoms with E-state index < -0.39 is 11.9 Å². The number of pyridine rings is 1. The Kier molecular flexibility index (Phi) is 4.34. The first-order valence-electron chi connectivity index (χ1n) is 5.87. The van der Waals surface area contributed by atoms with Gasteiger partial charge < -0.3 is 5.32 Å². The van der Waals surface area contributed by atoms with Gasteiger partial charge in [-0.25, -0.2) is 4.98 Å². The normalized spacial score (nSPS) is 11.0. The van der Waals surface area contributed by atoms with Crippen LogP contribution >= 0.6 is 11.6 Å². The number of nitriles is 1. The summed E-state index contributed by atoms with van der Waals surface area (Å²) in [7, 11) is 0. The zero-order valence-electron chi connectivity index (χ0n) is 10.6. The highest BCUT2D eigenvalue weighted by Gasteiger charge is 2.33. The molecule has 0 saturated heterocycles. The van der Waals surface area contributed by atoms with Gasteiger partial charge in [0.25, 0.3) is 0 Å². The minimum atomic E-state index is -4.56. The maximum atomic E-state index is 12.6. The third kappa shape index (κ3) is 3.64. The molecule has 1 heterocycles. The number of benzene rings is 1. The molecule has 0 radical (unpaired) electrons. The molecule has 1 aromatic heterocycles. The molecule has 0 spiro atoms. The van der Waals surface area contributed by atoms with Crippen LogP contribution in [0.3, 0.4) is 0 Å². The molecular weight excluding hydrogens is 303 g/mol. The van der Waals surface area contributed by atoms with Crippen LogP contribution in [-0.4, -0.2) is 4.98 Å². The van der Waals surface area contributed by atoms with E-state index in [2.05, 4.69) is 10.3 Å². The van der Waals surface area contributed by atoms with Crippen LogP contribution in [0.5, 0.6) is 0 Å². The average molecular weight is 312 g/mol. The van der Waals surface area contributed by atoms with Crippen molar-refractivity contribution >= 4 is 17.4 Å². The lowest BCUT2D eigenvalue weighted by Gasteiger charge is -2.11. The lowest BCUT2D eigenvalue weighted by molar-refractivity contribution is -0.141. The van der Waals surface area contributed by atoms with Crippen molar-refractivity contribution in [3.05, 3.63) is 58.2 Å². The standard InChI is InChI=1S/C14H9ClF3N3/c15-11-4-2-1-3-10(11)8-20-13-9(7-19)5-6-12(21-13)14(16,17)18/h1-6H,8H2,(H,20,21). The molecule has 3 nitrogen and oxygen atoms in total. The Balaban J connectivity index is 2.27. The minimum absolute atomic E-state index is 0.0371. The van der Waals surface area contributed by atoms with E-state index in [1.54, 1.807) is 30.3 Å². The van der Waals surface area contributed by atoms with Gasteiger partial charge in [0, 0.05) is 11.6 Å². The third-order valence-corrected chi connectivity index (χ3v) is 3.08. The molecule has 1 aromatic carbocycles. The van der Waals surface area contributed by atoms with Crippen LogP contribution in [0.4, 0.5) is 19.0 Å². The summed E-state index contributed by atoms with van der Waals surface area (Å²) in [6, 6.07) is 10.6. The van der Waals surface area contributed by atoms with Gasteiger partial charge in [-0.2, -0.15) is 18.4 Å². The van der Waals surface area contributed by atoms with Crippen molar-refractivity contribution in [3.63, 3.8) is 0 Å². The second-order valence-electron chi connectivity index (χ2n) is 4.15. The number of halogens is 4. The van der Waals surface area contributed by atoms with Gasteiger partial charge in [0.15, 0.2) is 0 Å². The lowest BCUT2D eigenvalue weighted by Crippen LogP contribution is -2.11. The fourth-order valence-corrected chi connectivity index (χ4v) is 1.87. The number of anilines is 1. The quantitative estimate of drug-likeness (QED) is 0.922. The Morgan fingerprint density at radius 1 is 1.19 bits per heavy atom. The van der Waals surface area contributed by atoms with Gasteiger partial charge in [-0.15, -0.1) is 0 Å². The van der Waals surface area contributed by atoms with E-state index in [0.717, 1.165) is 12.1 Å². The fraction of sp³-hybridized carbons (Fsp3) is 0.143. The molecule has 0 aliphatic rings. The highest BCUT2D eigenvalue weighted by molar-refractivity contribution is 6.31. The Labute approximate surface area is 124 Å². The SMILES string of the molecule is N#Cc1ccc(C(F)(F)F)nc1NCc1ccccc1Cl. The molecular formula is C14H9ClF3N3. The maximum absolute atomic E-state index is 12.6. The summed E-state index contributed by atoms with van der Waals surface area (Å²) in [6.07, 6.45) is -4.56. The third-order valence-electron chi connectivity index (χ3n) is 2.71. The Hall–Kier alpha value is -2.26. The first kappa shape index (κ1) is 15.1. The Morgan fingerprint density at radius 2 is 1.90 bits per heavy atom.